The fourth-order valence-corrected chi connectivity index (χ4v) is 11.8. The zero-order valence-corrected chi connectivity index (χ0v) is 24.4. The lowest BCUT2D eigenvalue weighted by Gasteiger charge is -2.69. The van der Waals surface area contributed by atoms with E-state index in [1.807, 2.05) is 6.08 Å². The molecule has 5 unspecified atom stereocenters. The van der Waals surface area contributed by atoms with Crippen LogP contribution in [-0.4, -0.2) is 0 Å². The van der Waals surface area contributed by atoms with Crippen LogP contribution in [-0.2, 0) is 0 Å². The molecule has 37 heavy (non-hydrogen) atoms. The van der Waals surface area contributed by atoms with Crippen molar-refractivity contribution < 1.29 is 2.85 Å². The molecule has 8 atom stereocenters. The molecule has 0 nitrogen and oxygen atoms in total. The molecule has 0 spiro atoms. The van der Waals surface area contributed by atoms with E-state index in [9.17, 15) is 0 Å². The molecule has 0 aromatic heterocycles. The molecule has 0 N–H and O–H groups in total. The van der Waals surface area contributed by atoms with Crippen molar-refractivity contribution >= 4 is 0 Å². The van der Waals surface area contributed by atoms with Gasteiger partial charge in [-0.2, -0.15) is 0 Å². The molecule has 0 saturated heterocycles. The van der Waals surface area contributed by atoms with Gasteiger partial charge >= 0.3 is 0 Å². The molecule has 0 bridgehead atoms. The third-order valence-corrected chi connectivity index (χ3v) is 13.5. The van der Waals surface area contributed by atoms with Crippen molar-refractivity contribution in [3.8, 4) is 0 Å². The van der Waals surface area contributed by atoms with Crippen LogP contribution in [0.1, 0.15) is 120 Å². The predicted molar refractivity (Wildman–Crippen MR) is 163 cm³/mol. The SMILES string of the molecule is C=CC1=CC(CC/C(=C\C)[C@H]2CCCC3C4CCC5(CC)CC(=C)CC[C@]5(C5CC5)C4CC[C@@]32C)C=C1.[HH].[HH]. The van der Waals surface area contributed by atoms with Crippen LogP contribution in [0.3, 0.4) is 0 Å². The van der Waals surface area contributed by atoms with E-state index in [1.54, 1.807) is 11.1 Å². The Balaban J connectivity index is 0.00000176. The number of fused-ring (bicyclic) bond motifs is 5. The van der Waals surface area contributed by atoms with Gasteiger partial charge in [0.15, 0.2) is 0 Å². The first-order valence-corrected chi connectivity index (χ1v) is 16.2. The summed E-state index contributed by atoms with van der Waals surface area (Å²) in [6, 6.07) is 0. The topological polar surface area (TPSA) is 0 Å². The molecule has 5 saturated carbocycles. The van der Waals surface area contributed by atoms with Crippen LogP contribution in [0.4, 0.5) is 0 Å². The summed E-state index contributed by atoms with van der Waals surface area (Å²) in [5.74, 6) is 5.39. The standard InChI is InChI=1S/C37H54.2H2/c1-6-27-12-13-28(24-27)14-15-29(7-2)32-10-9-11-33-31-19-22-36(8-3)25-26(4)18-23-37(36,30-16-17-30)34(31)20-21-35(32,33)5;;/h6-7,12-13,24,28,30-34H,1,4,8-11,14-23,25H2,2-3,5H3;2*1H/b29-7+;;/t28?,31?,32-,33?,34?,35-,36?,37+;;/m1../s1. The highest BCUT2D eigenvalue weighted by Crippen LogP contribution is 2.76. The zero-order chi connectivity index (χ0) is 25.8. The highest BCUT2D eigenvalue weighted by Gasteiger charge is 2.68. The summed E-state index contributed by atoms with van der Waals surface area (Å²) in [6.45, 7) is 16.2. The monoisotopic (exact) mass is 502 g/mol. The minimum atomic E-state index is 0. The summed E-state index contributed by atoms with van der Waals surface area (Å²) < 4.78 is 0. The summed E-state index contributed by atoms with van der Waals surface area (Å²) >= 11 is 0. The van der Waals surface area contributed by atoms with Gasteiger partial charge in [0.2, 0.25) is 0 Å². The minimum Gasteiger partial charge on any atom is -0.0998 e. The average Bonchev–Trinajstić information content (AvgIpc) is 3.66. The van der Waals surface area contributed by atoms with E-state index in [0.29, 0.717) is 22.2 Å². The van der Waals surface area contributed by atoms with Crippen molar-refractivity contribution in [2.45, 2.75) is 117 Å². The second-order valence-electron chi connectivity index (χ2n) is 14.6. The molecule has 0 radical (unpaired) electrons. The van der Waals surface area contributed by atoms with Crippen LogP contribution in [0.5, 0.6) is 0 Å². The minimum absolute atomic E-state index is 0. The molecule has 0 aromatic rings. The number of allylic oxidation sites excluding steroid dienone is 8. The molecule has 0 heteroatoms. The maximum atomic E-state index is 4.56. The van der Waals surface area contributed by atoms with E-state index >= 15 is 0 Å². The van der Waals surface area contributed by atoms with Crippen LogP contribution in [0.25, 0.3) is 0 Å². The molecular weight excluding hydrogens is 444 g/mol. The Kier molecular flexibility index (Phi) is 6.81. The van der Waals surface area contributed by atoms with Crippen molar-refractivity contribution in [2.24, 2.45) is 51.8 Å². The van der Waals surface area contributed by atoms with Crippen molar-refractivity contribution in [2.75, 3.05) is 0 Å². The fourth-order valence-electron chi connectivity index (χ4n) is 11.8. The van der Waals surface area contributed by atoms with E-state index < -0.39 is 0 Å². The Morgan fingerprint density at radius 1 is 1.08 bits per heavy atom. The first-order valence-electron chi connectivity index (χ1n) is 16.2. The van der Waals surface area contributed by atoms with Crippen molar-refractivity contribution in [3.63, 3.8) is 0 Å². The molecule has 0 heterocycles. The second kappa shape index (κ2) is 9.71. The molecule has 6 rings (SSSR count). The third-order valence-electron chi connectivity index (χ3n) is 13.5. The van der Waals surface area contributed by atoms with E-state index in [4.69, 9.17) is 0 Å². The van der Waals surface area contributed by atoms with Crippen molar-refractivity contribution in [3.05, 3.63) is 60.3 Å². The molecule has 0 amide bonds. The lowest BCUT2D eigenvalue weighted by molar-refractivity contribution is -0.187. The average molecular weight is 503 g/mol. The normalized spacial score (nSPS) is 45.6. The van der Waals surface area contributed by atoms with Gasteiger partial charge in [-0.15, -0.1) is 0 Å². The summed E-state index contributed by atoms with van der Waals surface area (Å²) in [5, 5.41) is 0. The van der Waals surface area contributed by atoms with E-state index in [1.165, 1.54) is 102 Å². The maximum absolute atomic E-state index is 4.56. The molecule has 5 fully saturated rings. The summed E-state index contributed by atoms with van der Waals surface area (Å²) in [4.78, 5) is 0. The van der Waals surface area contributed by atoms with Gasteiger partial charge in [-0.05, 0) is 154 Å². The molecular formula is C37H58. The van der Waals surface area contributed by atoms with E-state index in [-0.39, 0.29) is 2.85 Å². The van der Waals surface area contributed by atoms with Gasteiger partial charge in [0.25, 0.3) is 0 Å². The predicted octanol–water partition coefficient (Wildman–Crippen LogP) is 11.3. The Hall–Kier alpha value is -1.30. The van der Waals surface area contributed by atoms with Gasteiger partial charge in [0.05, 0.1) is 0 Å². The van der Waals surface area contributed by atoms with Gasteiger partial charge in [-0.1, -0.05) is 75.0 Å². The number of rotatable bonds is 7. The first-order chi connectivity index (χ1) is 17.9. The Labute approximate surface area is 231 Å². The van der Waals surface area contributed by atoms with E-state index in [0.717, 1.165) is 29.6 Å². The summed E-state index contributed by atoms with van der Waals surface area (Å²) in [7, 11) is 0. The second-order valence-corrected chi connectivity index (χ2v) is 14.6. The molecule has 206 valence electrons. The van der Waals surface area contributed by atoms with Crippen LogP contribution < -0.4 is 0 Å². The quantitative estimate of drug-likeness (QED) is 0.304. The molecule has 6 aliphatic carbocycles. The van der Waals surface area contributed by atoms with Crippen molar-refractivity contribution in [1.29, 1.82) is 0 Å². The maximum Gasteiger partial charge on any atom is 0 e. The fraction of sp³-hybridized carbons (Fsp3) is 0.730. The van der Waals surface area contributed by atoms with Gasteiger partial charge in [-0.3, -0.25) is 0 Å². The third kappa shape index (κ3) is 3.97. The van der Waals surface area contributed by atoms with Gasteiger partial charge in [0.1, 0.15) is 0 Å². The summed E-state index contributed by atoms with van der Waals surface area (Å²) in [6.07, 6.45) is 33.2. The Morgan fingerprint density at radius 3 is 2.62 bits per heavy atom. The van der Waals surface area contributed by atoms with Gasteiger partial charge in [-0.25, -0.2) is 0 Å². The number of hydrogen-bond acceptors (Lipinski definition) is 0. The van der Waals surface area contributed by atoms with E-state index in [2.05, 4.69) is 58.2 Å². The molecule has 0 aliphatic heterocycles. The lowest BCUT2D eigenvalue weighted by atomic mass is 9.36. The summed E-state index contributed by atoms with van der Waals surface area (Å²) in [5.41, 5.74) is 6.43. The first kappa shape index (κ1) is 26.0. The van der Waals surface area contributed by atoms with Crippen LogP contribution >= 0.6 is 0 Å². The van der Waals surface area contributed by atoms with Crippen LogP contribution in [0.15, 0.2) is 60.3 Å². The van der Waals surface area contributed by atoms with Gasteiger partial charge < -0.3 is 0 Å². The molecule has 6 aliphatic rings. The zero-order valence-electron chi connectivity index (χ0n) is 24.4. The largest absolute Gasteiger partial charge is 0.0998 e. The van der Waals surface area contributed by atoms with Crippen LogP contribution in [0, 0.1) is 51.8 Å². The van der Waals surface area contributed by atoms with Gasteiger partial charge in [0, 0.05) is 2.85 Å². The Bertz CT molecular complexity index is 1010. The van der Waals surface area contributed by atoms with Crippen LogP contribution in [0.2, 0.25) is 0 Å². The highest BCUT2D eigenvalue weighted by molar-refractivity contribution is 5.36. The highest BCUT2D eigenvalue weighted by atomic mass is 14.7. The number of hydrogen-bond donors (Lipinski definition) is 0. The lowest BCUT2D eigenvalue weighted by Crippen LogP contribution is -2.61. The van der Waals surface area contributed by atoms with Crippen molar-refractivity contribution in [1.82, 2.24) is 0 Å². The smallest absolute Gasteiger partial charge is 0 e. The molecule has 0 aromatic carbocycles. The Morgan fingerprint density at radius 2 is 1.92 bits per heavy atom.